The molecule has 8 nitrogen and oxygen atoms in total. The molecular weight excluding hydrogens is 264 g/mol. The molecule has 1 aromatic heterocycles. The Balaban J connectivity index is 2.43. The Morgan fingerprint density at radius 3 is 3.00 bits per heavy atom. The predicted octanol–water partition coefficient (Wildman–Crippen LogP) is 1.09. The maximum absolute atomic E-state index is 11.8. The summed E-state index contributed by atoms with van der Waals surface area (Å²) >= 11 is 0. The van der Waals surface area contributed by atoms with E-state index in [4.69, 9.17) is 4.74 Å². The fraction of sp³-hybridized carbons (Fsp3) is 0.583. The number of anilines is 1. The number of aryl methyl sites for hydroxylation is 1. The van der Waals surface area contributed by atoms with Crippen LogP contribution in [0.4, 0.5) is 11.5 Å². The van der Waals surface area contributed by atoms with E-state index in [1.165, 1.54) is 13.3 Å². The van der Waals surface area contributed by atoms with Crippen molar-refractivity contribution in [1.29, 1.82) is 0 Å². The standard InChI is InChI=1S/C12H16N4O4/c1-3-10-13-7-9(16(18)19)11(14-10)15-6-4-5-8(15)12(17)20-2/h7-8H,3-6H2,1-2H3. The second-order valence-electron chi connectivity index (χ2n) is 4.48. The number of carbonyl (C=O) groups excluding carboxylic acids is 1. The highest BCUT2D eigenvalue weighted by Gasteiger charge is 2.36. The molecule has 0 aliphatic carbocycles. The van der Waals surface area contributed by atoms with Gasteiger partial charge in [-0.15, -0.1) is 0 Å². The molecule has 0 radical (unpaired) electrons. The lowest BCUT2D eigenvalue weighted by molar-refractivity contribution is -0.384. The molecule has 1 aliphatic heterocycles. The largest absolute Gasteiger partial charge is 0.467 e. The van der Waals surface area contributed by atoms with Crippen molar-refractivity contribution in [1.82, 2.24) is 9.97 Å². The molecule has 0 bridgehead atoms. The molecule has 1 atom stereocenters. The molecule has 0 spiro atoms. The highest BCUT2D eigenvalue weighted by molar-refractivity contribution is 5.81. The lowest BCUT2D eigenvalue weighted by atomic mass is 10.2. The highest BCUT2D eigenvalue weighted by Crippen LogP contribution is 2.31. The summed E-state index contributed by atoms with van der Waals surface area (Å²) in [6.07, 6.45) is 3.15. The van der Waals surface area contributed by atoms with Crippen LogP contribution >= 0.6 is 0 Å². The number of ether oxygens (including phenoxy) is 1. The zero-order valence-electron chi connectivity index (χ0n) is 11.4. The van der Waals surface area contributed by atoms with Gasteiger partial charge < -0.3 is 9.64 Å². The molecule has 1 saturated heterocycles. The Labute approximate surface area is 115 Å². The maximum Gasteiger partial charge on any atom is 0.329 e. The molecule has 1 aliphatic rings. The number of carbonyl (C=O) groups is 1. The summed E-state index contributed by atoms with van der Waals surface area (Å²) in [4.78, 5) is 32.2. The fourth-order valence-electron chi connectivity index (χ4n) is 2.31. The molecule has 1 aromatic rings. The lowest BCUT2D eigenvalue weighted by Crippen LogP contribution is -2.38. The summed E-state index contributed by atoms with van der Waals surface area (Å²) in [5.74, 6) is 0.323. The summed E-state index contributed by atoms with van der Waals surface area (Å²) < 4.78 is 4.75. The van der Waals surface area contributed by atoms with Gasteiger partial charge in [0.25, 0.3) is 0 Å². The van der Waals surface area contributed by atoms with E-state index in [0.717, 1.165) is 6.42 Å². The van der Waals surface area contributed by atoms with E-state index in [2.05, 4.69) is 9.97 Å². The van der Waals surface area contributed by atoms with Crippen LogP contribution in [0.15, 0.2) is 6.20 Å². The Kier molecular flexibility index (Phi) is 4.11. The van der Waals surface area contributed by atoms with Crippen LogP contribution in [0.5, 0.6) is 0 Å². The number of aromatic nitrogens is 2. The molecule has 0 N–H and O–H groups in total. The average molecular weight is 280 g/mol. The Morgan fingerprint density at radius 1 is 1.65 bits per heavy atom. The maximum atomic E-state index is 11.8. The zero-order chi connectivity index (χ0) is 14.7. The van der Waals surface area contributed by atoms with Crippen molar-refractivity contribution in [2.45, 2.75) is 32.2 Å². The van der Waals surface area contributed by atoms with Gasteiger partial charge in [0, 0.05) is 13.0 Å². The van der Waals surface area contributed by atoms with Gasteiger partial charge in [-0.3, -0.25) is 10.1 Å². The molecule has 1 unspecified atom stereocenters. The van der Waals surface area contributed by atoms with E-state index in [1.807, 2.05) is 6.92 Å². The molecule has 0 saturated carbocycles. The third-order valence-electron chi connectivity index (χ3n) is 3.31. The molecular formula is C12H16N4O4. The van der Waals surface area contributed by atoms with Crippen molar-refractivity contribution < 1.29 is 14.5 Å². The van der Waals surface area contributed by atoms with Gasteiger partial charge in [-0.1, -0.05) is 6.92 Å². The van der Waals surface area contributed by atoms with Crippen LogP contribution in [0.2, 0.25) is 0 Å². The minimum atomic E-state index is -0.526. The predicted molar refractivity (Wildman–Crippen MR) is 70.4 cm³/mol. The molecule has 20 heavy (non-hydrogen) atoms. The van der Waals surface area contributed by atoms with Crippen molar-refractivity contribution in [3.8, 4) is 0 Å². The monoisotopic (exact) mass is 280 g/mol. The van der Waals surface area contributed by atoms with Crippen LogP contribution in [0.25, 0.3) is 0 Å². The molecule has 0 amide bonds. The van der Waals surface area contributed by atoms with E-state index in [1.54, 1.807) is 4.90 Å². The summed E-state index contributed by atoms with van der Waals surface area (Å²) in [5.41, 5.74) is -0.182. The second-order valence-corrected chi connectivity index (χ2v) is 4.48. The Bertz CT molecular complexity index is 534. The van der Waals surface area contributed by atoms with Gasteiger partial charge in [-0.25, -0.2) is 14.8 Å². The van der Waals surface area contributed by atoms with E-state index >= 15 is 0 Å². The zero-order valence-corrected chi connectivity index (χ0v) is 11.4. The van der Waals surface area contributed by atoms with Crippen LogP contribution in [0.1, 0.15) is 25.6 Å². The Hall–Kier alpha value is -2.25. The van der Waals surface area contributed by atoms with Crippen LogP contribution in [-0.2, 0) is 16.0 Å². The summed E-state index contributed by atoms with van der Waals surface area (Å²) in [5, 5.41) is 11.1. The van der Waals surface area contributed by atoms with Crippen LogP contribution in [0, 0.1) is 10.1 Å². The minimum absolute atomic E-state index is 0.182. The van der Waals surface area contributed by atoms with Gasteiger partial charge >= 0.3 is 11.7 Å². The molecule has 2 rings (SSSR count). The highest BCUT2D eigenvalue weighted by atomic mass is 16.6. The first-order valence-electron chi connectivity index (χ1n) is 6.43. The number of nitrogens with zero attached hydrogens (tertiary/aromatic N) is 4. The smallest absolute Gasteiger partial charge is 0.329 e. The second kappa shape index (κ2) is 5.81. The number of nitro groups is 1. The van der Waals surface area contributed by atoms with Crippen LogP contribution in [-0.4, -0.2) is 40.6 Å². The molecule has 0 aromatic carbocycles. The molecule has 8 heteroatoms. The van der Waals surface area contributed by atoms with Gasteiger partial charge in [-0.2, -0.15) is 0 Å². The first-order valence-corrected chi connectivity index (χ1v) is 6.43. The Morgan fingerprint density at radius 2 is 2.40 bits per heavy atom. The van der Waals surface area contributed by atoms with Gasteiger partial charge in [-0.05, 0) is 12.8 Å². The topological polar surface area (TPSA) is 98.5 Å². The third-order valence-corrected chi connectivity index (χ3v) is 3.31. The summed E-state index contributed by atoms with van der Waals surface area (Å²) in [7, 11) is 1.31. The van der Waals surface area contributed by atoms with Crippen molar-refractivity contribution in [2.24, 2.45) is 0 Å². The minimum Gasteiger partial charge on any atom is -0.467 e. The van der Waals surface area contributed by atoms with Gasteiger partial charge in [0.1, 0.15) is 18.1 Å². The van der Waals surface area contributed by atoms with Gasteiger partial charge in [0.05, 0.1) is 12.0 Å². The van der Waals surface area contributed by atoms with E-state index < -0.39 is 16.9 Å². The first-order chi connectivity index (χ1) is 9.58. The average Bonchev–Trinajstić information content (AvgIpc) is 2.94. The van der Waals surface area contributed by atoms with Gasteiger partial charge in [0.15, 0.2) is 0 Å². The summed E-state index contributed by atoms with van der Waals surface area (Å²) in [6, 6.07) is -0.515. The quantitative estimate of drug-likeness (QED) is 0.462. The van der Waals surface area contributed by atoms with Crippen molar-refractivity contribution in [3.05, 3.63) is 22.1 Å². The van der Waals surface area contributed by atoms with E-state index in [0.29, 0.717) is 25.2 Å². The van der Waals surface area contributed by atoms with Crippen LogP contribution in [0.3, 0.4) is 0 Å². The van der Waals surface area contributed by atoms with E-state index in [-0.39, 0.29) is 11.5 Å². The molecule has 1 fully saturated rings. The van der Waals surface area contributed by atoms with Crippen molar-refractivity contribution in [2.75, 3.05) is 18.6 Å². The number of rotatable bonds is 4. The number of methoxy groups -OCH3 is 1. The SMILES string of the molecule is CCc1ncc([N+](=O)[O-])c(N2CCCC2C(=O)OC)n1. The third kappa shape index (κ3) is 2.54. The number of hydrogen-bond donors (Lipinski definition) is 0. The molecule has 108 valence electrons. The number of hydrogen-bond acceptors (Lipinski definition) is 7. The molecule has 2 heterocycles. The fourth-order valence-corrected chi connectivity index (χ4v) is 2.31. The summed E-state index contributed by atoms with van der Waals surface area (Å²) in [6.45, 7) is 2.41. The number of esters is 1. The first kappa shape index (κ1) is 14.2. The van der Waals surface area contributed by atoms with Crippen molar-refractivity contribution in [3.63, 3.8) is 0 Å². The normalized spacial score (nSPS) is 18.1. The van der Waals surface area contributed by atoms with E-state index in [9.17, 15) is 14.9 Å². The van der Waals surface area contributed by atoms with Gasteiger partial charge in [0.2, 0.25) is 5.82 Å². The van der Waals surface area contributed by atoms with Crippen LogP contribution < -0.4 is 4.90 Å². The lowest BCUT2D eigenvalue weighted by Gasteiger charge is -2.23. The van der Waals surface area contributed by atoms with Crippen molar-refractivity contribution >= 4 is 17.5 Å².